The topological polar surface area (TPSA) is 62.3 Å². The highest BCUT2D eigenvalue weighted by Crippen LogP contribution is 2.44. The molecule has 2 fully saturated rings. The van der Waals surface area contributed by atoms with Crippen LogP contribution >= 0.6 is 0 Å². The van der Waals surface area contributed by atoms with E-state index in [9.17, 15) is 9.59 Å². The van der Waals surface area contributed by atoms with Crippen molar-refractivity contribution in [1.82, 2.24) is 9.96 Å². The van der Waals surface area contributed by atoms with E-state index >= 15 is 0 Å². The largest absolute Gasteiger partial charge is 0.469 e. The lowest BCUT2D eigenvalue weighted by atomic mass is 9.77. The van der Waals surface area contributed by atoms with Gasteiger partial charge in [0.15, 0.2) is 0 Å². The molecule has 1 unspecified atom stereocenters. The van der Waals surface area contributed by atoms with Crippen LogP contribution in [0.2, 0.25) is 0 Å². The molecule has 2 aliphatic rings. The molecule has 1 amide bonds. The zero-order valence-electron chi connectivity index (χ0n) is 20.0. The number of piperidine rings is 1. The van der Waals surface area contributed by atoms with Crippen molar-refractivity contribution in [1.29, 1.82) is 0 Å². The SMILES string of the molecule is C=CCON1C(=O)CC(C(=O)OC)C12CCN(Cc1ccc(N(C)c3ccccc3)cc1)CC2. The third-order valence-corrected chi connectivity index (χ3v) is 7.06. The molecule has 4 rings (SSSR count). The van der Waals surface area contributed by atoms with Crippen LogP contribution in [0.15, 0.2) is 67.3 Å². The molecular formula is C27H33N3O4. The van der Waals surface area contributed by atoms with Crippen LogP contribution in [-0.4, -0.2) is 61.2 Å². The summed E-state index contributed by atoms with van der Waals surface area (Å²) >= 11 is 0. The fourth-order valence-corrected chi connectivity index (χ4v) is 5.14. The Kier molecular flexibility index (Phi) is 7.34. The van der Waals surface area contributed by atoms with Crippen molar-refractivity contribution in [3.8, 4) is 0 Å². The molecule has 0 aliphatic carbocycles. The maximum Gasteiger partial charge on any atom is 0.311 e. The molecule has 2 aromatic rings. The Hall–Kier alpha value is -3.16. The Labute approximate surface area is 201 Å². The summed E-state index contributed by atoms with van der Waals surface area (Å²) in [5.41, 5.74) is 2.85. The first-order valence-corrected chi connectivity index (χ1v) is 11.7. The van der Waals surface area contributed by atoms with Gasteiger partial charge in [-0.05, 0) is 42.7 Å². The quantitative estimate of drug-likeness (QED) is 0.437. The van der Waals surface area contributed by atoms with Gasteiger partial charge in [-0.2, -0.15) is 0 Å². The number of hydrogen-bond donors (Lipinski definition) is 0. The molecule has 7 nitrogen and oxygen atoms in total. The summed E-state index contributed by atoms with van der Waals surface area (Å²) in [6.07, 6.45) is 3.05. The van der Waals surface area contributed by atoms with Crippen molar-refractivity contribution in [2.75, 3.05) is 38.8 Å². The zero-order valence-corrected chi connectivity index (χ0v) is 20.0. The second-order valence-corrected chi connectivity index (χ2v) is 8.99. The number of amides is 1. The lowest BCUT2D eigenvalue weighted by molar-refractivity contribution is -0.218. The lowest BCUT2D eigenvalue weighted by Crippen LogP contribution is -2.57. The summed E-state index contributed by atoms with van der Waals surface area (Å²) < 4.78 is 5.04. The first kappa shape index (κ1) is 24.0. The standard InChI is InChI=1S/C27H33N3O4/c1-4-18-34-30-25(31)19-24(26(32)33-3)27(30)14-16-29(17-15-27)20-21-10-12-23(13-11-21)28(2)22-8-6-5-7-9-22/h4-13,24H,1,14-20H2,2-3H3. The smallest absolute Gasteiger partial charge is 0.311 e. The molecule has 2 heterocycles. The minimum Gasteiger partial charge on any atom is -0.469 e. The average molecular weight is 464 g/mol. The van der Waals surface area contributed by atoms with Crippen LogP contribution < -0.4 is 4.90 Å². The van der Waals surface area contributed by atoms with Gasteiger partial charge in [-0.1, -0.05) is 36.4 Å². The zero-order chi connectivity index (χ0) is 24.1. The highest BCUT2D eigenvalue weighted by molar-refractivity contribution is 5.88. The van der Waals surface area contributed by atoms with E-state index in [1.807, 2.05) is 18.2 Å². The fraction of sp³-hybridized carbons (Fsp3) is 0.407. The van der Waals surface area contributed by atoms with E-state index in [0.29, 0.717) is 12.8 Å². The molecule has 0 aromatic heterocycles. The number of para-hydroxylation sites is 1. The molecule has 0 saturated carbocycles. The van der Waals surface area contributed by atoms with Gasteiger partial charge in [-0.15, -0.1) is 6.58 Å². The number of rotatable bonds is 8. The number of methoxy groups -OCH3 is 1. The summed E-state index contributed by atoms with van der Waals surface area (Å²) in [6.45, 7) is 6.25. The third-order valence-electron chi connectivity index (χ3n) is 7.06. The molecule has 180 valence electrons. The molecule has 2 saturated heterocycles. The number of esters is 1. The molecular weight excluding hydrogens is 430 g/mol. The number of benzene rings is 2. The molecule has 0 bridgehead atoms. The second kappa shape index (κ2) is 10.4. The highest BCUT2D eigenvalue weighted by atomic mass is 16.7. The molecule has 34 heavy (non-hydrogen) atoms. The molecule has 1 spiro atoms. The van der Waals surface area contributed by atoms with Crippen LogP contribution in [0.3, 0.4) is 0 Å². The molecule has 1 atom stereocenters. The van der Waals surface area contributed by atoms with E-state index in [0.717, 1.165) is 31.0 Å². The van der Waals surface area contributed by atoms with E-state index in [4.69, 9.17) is 9.57 Å². The van der Waals surface area contributed by atoms with E-state index in [-0.39, 0.29) is 24.9 Å². The van der Waals surface area contributed by atoms with Gasteiger partial charge in [0.05, 0.1) is 25.2 Å². The lowest BCUT2D eigenvalue weighted by Gasteiger charge is -2.45. The van der Waals surface area contributed by atoms with Crippen molar-refractivity contribution < 1.29 is 19.2 Å². The third kappa shape index (κ3) is 4.72. The van der Waals surface area contributed by atoms with Gasteiger partial charge < -0.3 is 9.64 Å². The molecule has 0 N–H and O–H groups in total. The first-order chi connectivity index (χ1) is 16.5. The molecule has 0 radical (unpaired) electrons. The Morgan fingerprint density at radius 1 is 1.12 bits per heavy atom. The number of carbonyl (C=O) groups excluding carboxylic acids is 2. The summed E-state index contributed by atoms with van der Waals surface area (Å²) in [7, 11) is 3.44. The van der Waals surface area contributed by atoms with Crippen molar-refractivity contribution >= 4 is 23.3 Å². The predicted molar refractivity (Wildman–Crippen MR) is 131 cm³/mol. The second-order valence-electron chi connectivity index (χ2n) is 8.99. The van der Waals surface area contributed by atoms with E-state index in [1.54, 1.807) is 6.08 Å². The summed E-state index contributed by atoms with van der Waals surface area (Å²) in [5, 5.41) is 1.45. The first-order valence-electron chi connectivity index (χ1n) is 11.7. The van der Waals surface area contributed by atoms with Crippen LogP contribution in [-0.2, 0) is 25.7 Å². The van der Waals surface area contributed by atoms with E-state index < -0.39 is 11.5 Å². The maximum absolute atomic E-state index is 12.7. The van der Waals surface area contributed by atoms with Gasteiger partial charge in [-0.3, -0.25) is 19.3 Å². The number of hydroxylamine groups is 2. The van der Waals surface area contributed by atoms with Crippen molar-refractivity contribution in [2.45, 2.75) is 31.3 Å². The van der Waals surface area contributed by atoms with Crippen molar-refractivity contribution in [2.24, 2.45) is 5.92 Å². The van der Waals surface area contributed by atoms with Crippen LogP contribution in [0.4, 0.5) is 11.4 Å². The van der Waals surface area contributed by atoms with E-state index in [1.165, 1.54) is 17.7 Å². The summed E-state index contributed by atoms with van der Waals surface area (Å²) in [5.74, 6) is -1.02. The van der Waals surface area contributed by atoms with Crippen LogP contribution in [0.25, 0.3) is 0 Å². The Bertz CT molecular complexity index is 1000. The fourth-order valence-electron chi connectivity index (χ4n) is 5.14. The van der Waals surface area contributed by atoms with Crippen molar-refractivity contribution in [3.63, 3.8) is 0 Å². The number of anilines is 2. The summed E-state index contributed by atoms with van der Waals surface area (Å²) in [4.78, 5) is 35.5. The number of hydrogen-bond acceptors (Lipinski definition) is 6. The Morgan fingerprint density at radius 2 is 1.76 bits per heavy atom. The predicted octanol–water partition coefficient (Wildman–Crippen LogP) is 3.93. The van der Waals surface area contributed by atoms with Gasteiger partial charge in [-0.25, -0.2) is 5.06 Å². The van der Waals surface area contributed by atoms with Crippen molar-refractivity contribution in [3.05, 3.63) is 72.8 Å². The highest BCUT2D eigenvalue weighted by Gasteiger charge is 2.58. The van der Waals surface area contributed by atoms with Gasteiger partial charge in [0.1, 0.15) is 0 Å². The van der Waals surface area contributed by atoms with Gasteiger partial charge in [0.2, 0.25) is 5.91 Å². The molecule has 2 aromatic carbocycles. The number of carbonyl (C=O) groups is 2. The monoisotopic (exact) mass is 463 g/mol. The average Bonchev–Trinajstić information content (AvgIpc) is 3.14. The van der Waals surface area contributed by atoms with Gasteiger partial charge in [0, 0.05) is 44.5 Å². The molecule has 2 aliphatic heterocycles. The number of ether oxygens (including phenoxy) is 1. The molecule has 7 heteroatoms. The number of nitrogens with zero attached hydrogens (tertiary/aromatic N) is 3. The van der Waals surface area contributed by atoms with Crippen LogP contribution in [0, 0.1) is 5.92 Å². The van der Waals surface area contributed by atoms with Crippen LogP contribution in [0.1, 0.15) is 24.8 Å². The summed E-state index contributed by atoms with van der Waals surface area (Å²) in [6, 6.07) is 18.9. The Balaban J connectivity index is 1.41. The minimum atomic E-state index is -0.661. The minimum absolute atomic E-state index is 0.125. The number of likely N-dealkylation sites (tertiary alicyclic amines) is 1. The van der Waals surface area contributed by atoms with Gasteiger partial charge >= 0.3 is 5.97 Å². The van der Waals surface area contributed by atoms with Gasteiger partial charge in [0.25, 0.3) is 0 Å². The maximum atomic E-state index is 12.7. The van der Waals surface area contributed by atoms with Crippen LogP contribution in [0.5, 0.6) is 0 Å². The Morgan fingerprint density at radius 3 is 2.38 bits per heavy atom. The van der Waals surface area contributed by atoms with E-state index in [2.05, 4.69) is 59.8 Å². The normalized spacial score (nSPS) is 19.9.